The molecule has 2 aromatic rings. The van der Waals surface area contributed by atoms with Crippen LogP contribution in [0.1, 0.15) is 36.8 Å². The largest absolute Gasteiger partial charge is 0.346 e. The number of aromatic amines is 1. The first-order valence-electron chi connectivity index (χ1n) is 9.40. The molecule has 2 heterocycles. The van der Waals surface area contributed by atoms with Gasteiger partial charge in [0.1, 0.15) is 5.82 Å². The number of aromatic nitrogens is 1. The molecule has 1 saturated carbocycles. The molecule has 3 N–H and O–H groups in total. The average Bonchev–Trinajstić information content (AvgIpc) is 3.19. The van der Waals surface area contributed by atoms with E-state index in [0.29, 0.717) is 12.0 Å². The number of nitrogens with one attached hydrogen (secondary N) is 3. The van der Waals surface area contributed by atoms with Gasteiger partial charge < -0.3 is 15.6 Å². The Balaban J connectivity index is 1.38. The van der Waals surface area contributed by atoms with Gasteiger partial charge in [-0.25, -0.2) is 4.99 Å². The van der Waals surface area contributed by atoms with Gasteiger partial charge in [-0.05, 0) is 56.2 Å². The second kappa shape index (κ2) is 8.11. The first-order chi connectivity index (χ1) is 13.2. The van der Waals surface area contributed by atoms with Crippen LogP contribution in [0.5, 0.6) is 0 Å². The SMILES string of the molecule is C=N/C(=C1\NC=Nc2[nH]ccc21)[C@H]1CC[C@H](NCc2ccc(Cl)cc2)CC1. The van der Waals surface area contributed by atoms with Crippen LogP contribution in [0.25, 0.3) is 5.70 Å². The number of allylic oxidation sites excluding steroid dienone is 1. The molecular formula is C21H24ClN5. The molecule has 1 aliphatic heterocycles. The third-order valence-corrected chi connectivity index (χ3v) is 5.70. The molecule has 4 rings (SSSR count). The maximum atomic E-state index is 5.95. The van der Waals surface area contributed by atoms with Gasteiger partial charge in [0.15, 0.2) is 0 Å². The Morgan fingerprint density at radius 3 is 2.70 bits per heavy atom. The van der Waals surface area contributed by atoms with Gasteiger partial charge in [0, 0.05) is 35.3 Å². The lowest BCUT2D eigenvalue weighted by Gasteiger charge is -2.31. The van der Waals surface area contributed by atoms with E-state index >= 15 is 0 Å². The Bertz CT molecular complexity index is 857. The number of nitrogens with zero attached hydrogens (tertiary/aromatic N) is 2. The van der Waals surface area contributed by atoms with Gasteiger partial charge in [-0.2, -0.15) is 0 Å². The summed E-state index contributed by atoms with van der Waals surface area (Å²) in [6, 6.07) is 10.6. The van der Waals surface area contributed by atoms with Crippen molar-refractivity contribution in [3.8, 4) is 0 Å². The van der Waals surface area contributed by atoms with Crippen LogP contribution >= 0.6 is 11.6 Å². The molecule has 0 unspecified atom stereocenters. The normalized spacial score (nSPS) is 23.4. The molecule has 0 radical (unpaired) electrons. The van der Waals surface area contributed by atoms with Gasteiger partial charge in [-0.3, -0.25) is 4.99 Å². The van der Waals surface area contributed by atoms with Crippen LogP contribution < -0.4 is 10.6 Å². The van der Waals surface area contributed by atoms with Crippen molar-refractivity contribution in [2.75, 3.05) is 0 Å². The maximum absolute atomic E-state index is 5.95. The minimum Gasteiger partial charge on any atom is -0.346 e. The molecule has 5 nitrogen and oxygen atoms in total. The van der Waals surface area contributed by atoms with Gasteiger partial charge in [0.05, 0.1) is 17.7 Å². The lowest BCUT2D eigenvalue weighted by Crippen LogP contribution is -2.33. The van der Waals surface area contributed by atoms with Crippen molar-refractivity contribution < 1.29 is 0 Å². The molecule has 2 aliphatic rings. The molecule has 0 bridgehead atoms. The molecular weight excluding hydrogens is 358 g/mol. The van der Waals surface area contributed by atoms with Gasteiger partial charge >= 0.3 is 0 Å². The van der Waals surface area contributed by atoms with E-state index in [9.17, 15) is 0 Å². The number of rotatable bonds is 5. The Morgan fingerprint density at radius 2 is 1.96 bits per heavy atom. The Kier molecular flexibility index (Phi) is 5.41. The Hall–Kier alpha value is -2.37. The summed E-state index contributed by atoms with van der Waals surface area (Å²) in [4.78, 5) is 11.9. The van der Waals surface area contributed by atoms with Crippen molar-refractivity contribution in [1.29, 1.82) is 0 Å². The highest BCUT2D eigenvalue weighted by molar-refractivity contribution is 6.30. The Morgan fingerprint density at radius 1 is 1.19 bits per heavy atom. The van der Waals surface area contributed by atoms with E-state index in [1.165, 1.54) is 5.56 Å². The van der Waals surface area contributed by atoms with Crippen LogP contribution in [0.3, 0.4) is 0 Å². The maximum Gasteiger partial charge on any atom is 0.141 e. The van der Waals surface area contributed by atoms with E-state index in [4.69, 9.17) is 11.6 Å². The summed E-state index contributed by atoms with van der Waals surface area (Å²) < 4.78 is 0. The highest BCUT2D eigenvalue weighted by Crippen LogP contribution is 2.37. The van der Waals surface area contributed by atoms with Gasteiger partial charge in [-0.15, -0.1) is 0 Å². The molecule has 6 heteroatoms. The van der Waals surface area contributed by atoms with E-state index in [2.05, 4.69) is 44.5 Å². The van der Waals surface area contributed by atoms with Crippen LogP contribution in [-0.2, 0) is 6.54 Å². The van der Waals surface area contributed by atoms with Gasteiger partial charge in [0.25, 0.3) is 0 Å². The summed E-state index contributed by atoms with van der Waals surface area (Å²) in [7, 11) is 0. The lowest BCUT2D eigenvalue weighted by atomic mass is 9.83. The highest BCUT2D eigenvalue weighted by Gasteiger charge is 2.27. The summed E-state index contributed by atoms with van der Waals surface area (Å²) in [5.41, 5.74) is 4.43. The lowest BCUT2D eigenvalue weighted by molar-refractivity contribution is 0.317. The third-order valence-electron chi connectivity index (χ3n) is 5.45. The molecule has 1 aromatic carbocycles. The van der Waals surface area contributed by atoms with E-state index in [0.717, 1.165) is 60.0 Å². The van der Waals surface area contributed by atoms with Crippen molar-refractivity contribution in [2.24, 2.45) is 15.9 Å². The standard InChI is InChI=1S/C21H24ClN5/c1-23-19(20-18-10-11-24-21(18)27-13-26-20)15-4-8-17(9-5-15)25-12-14-2-6-16(22)7-3-14/h2-3,6-7,10-11,13,15,17,24-25H,1,4-5,8-9,12H2,(H,26,27)/b20-19-/t15-,17-. The summed E-state index contributed by atoms with van der Waals surface area (Å²) in [6.45, 7) is 4.72. The smallest absolute Gasteiger partial charge is 0.141 e. The van der Waals surface area contributed by atoms with E-state index < -0.39 is 0 Å². The number of hydrogen-bond donors (Lipinski definition) is 3. The molecule has 1 fully saturated rings. The number of hydrogen-bond acceptors (Lipinski definition) is 4. The molecule has 0 spiro atoms. The molecule has 27 heavy (non-hydrogen) atoms. The van der Waals surface area contributed by atoms with Crippen LogP contribution in [-0.4, -0.2) is 24.1 Å². The van der Waals surface area contributed by atoms with E-state index in [-0.39, 0.29) is 0 Å². The van der Waals surface area contributed by atoms with Crippen molar-refractivity contribution in [2.45, 2.75) is 38.3 Å². The second-order valence-corrected chi connectivity index (χ2v) is 7.55. The second-order valence-electron chi connectivity index (χ2n) is 7.12. The van der Waals surface area contributed by atoms with Crippen molar-refractivity contribution in [1.82, 2.24) is 15.6 Å². The van der Waals surface area contributed by atoms with Gasteiger partial charge in [-0.1, -0.05) is 23.7 Å². The van der Waals surface area contributed by atoms with E-state index in [1.807, 2.05) is 24.4 Å². The van der Waals surface area contributed by atoms with Crippen molar-refractivity contribution in [3.63, 3.8) is 0 Å². The van der Waals surface area contributed by atoms with Crippen LogP contribution in [0.15, 0.2) is 52.2 Å². The van der Waals surface area contributed by atoms with Gasteiger partial charge in [0.2, 0.25) is 0 Å². The fourth-order valence-electron chi connectivity index (χ4n) is 3.97. The van der Waals surface area contributed by atoms with Crippen LogP contribution in [0, 0.1) is 5.92 Å². The fourth-order valence-corrected chi connectivity index (χ4v) is 4.09. The summed E-state index contributed by atoms with van der Waals surface area (Å²) >= 11 is 5.95. The quantitative estimate of drug-likeness (QED) is 0.660. The number of benzene rings is 1. The predicted octanol–water partition coefficient (Wildman–Crippen LogP) is 4.65. The van der Waals surface area contributed by atoms with Crippen LogP contribution in [0.4, 0.5) is 5.82 Å². The molecule has 140 valence electrons. The molecule has 1 aromatic heterocycles. The predicted molar refractivity (Wildman–Crippen MR) is 113 cm³/mol. The summed E-state index contributed by atoms with van der Waals surface area (Å²) in [5, 5.41) is 7.74. The fraction of sp³-hybridized carbons (Fsp3) is 0.333. The third kappa shape index (κ3) is 3.99. The first-order valence-corrected chi connectivity index (χ1v) is 9.78. The van der Waals surface area contributed by atoms with Crippen molar-refractivity contribution in [3.05, 3.63) is 58.4 Å². The molecule has 0 saturated heterocycles. The number of H-pyrrole nitrogens is 1. The topological polar surface area (TPSA) is 64.6 Å². The monoisotopic (exact) mass is 381 g/mol. The van der Waals surface area contributed by atoms with E-state index in [1.54, 1.807) is 6.34 Å². The van der Waals surface area contributed by atoms with Crippen molar-refractivity contribution >= 4 is 36.2 Å². The minimum atomic E-state index is 0.424. The Labute approximate surface area is 164 Å². The first kappa shape index (κ1) is 18.0. The number of fused-ring (bicyclic) bond motifs is 1. The number of aliphatic imine (C=N–C) groups is 2. The average molecular weight is 382 g/mol. The molecule has 1 aliphatic carbocycles. The minimum absolute atomic E-state index is 0.424. The summed E-state index contributed by atoms with van der Waals surface area (Å²) in [6.07, 6.45) is 8.12. The van der Waals surface area contributed by atoms with Crippen LogP contribution in [0.2, 0.25) is 5.02 Å². The molecule has 0 amide bonds. The molecule has 0 atom stereocenters. The zero-order chi connectivity index (χ0) is 18.6. The zero-order valence-corrected chi connectivity index (χ0v) is 16.0. The zero-order valence-electron chi connectivity index (χ0n) is 15.2. The number of halogens is 1. The summed E-state index contributed by atoms with van der Waals surface area (Å²) in [5.74, 6) is 1.30. The highest BCUT2D eigenvalue weighted by atomic mass is 35.5.